The highest BCUT2D eigenvalue weighted by Crippen LogP contribution is 2.24. The molecule has 0 saturated carbocycles. The summed E-state index contributed by atoms with van der Waals surface area (Å²) in [6, 6.07) is 7.10. The highest BCUT2D eigenvalue weighted by Gasteiger charge is 2.16. The van der Waals surface area contributed by atoms with Gasteiger partial charge in [-0.1, -0.05) is 37.1 Å². The molecule has 0 bridgehead atoms. The highest BCUT2D eigenvalue weighted by atomic mass is 35.5. The van der Waals surface area contributed by atoms with Crippen LogP contribution in [0.1, 0.15) is 19.8 Å². The van der Waals surface area contributed by atoms with Gasteiger partial charge in [0.25, 0.3) is 0 Å². The van der Waals surface area contributed by atoms with E-state index in [4.69, 9.17) is 21.5 Å². The number of hydrogen-bond acceptors (Lipinski definition) is 3. The standard InChI is InChI=1S/C12H18ClNO3S/c1-2-5-10(9-18(14,15)16)8-17-12-7-4-3-6-11(12)13/h3-4,6-7,10H,2,5,8-9H2,1H3,(H2,14,15,16). The van der Waals surface area contributed by atoms with Crippen LogP contribution in [0.3, 0.4) is 0 Å². The summed E-state index contributed by atoms with van der Waals surface area (Å²) in [5, 5.41) is 5.57. The Hall–Kier alpha value is -0.780. The normalized spacial score (nSPS) is 13.3. The number of sulfonamides is 1. The van der Waals surface area contributed by atoms with E-state index in [9.17, 15) is 8.42 Å². The number of para-hydroxylation sites is 1. The smallest absolute Gasteiger partial charge is 0.209 e. The van der Waals surface area contributed by atoms with E-state index in [0.29, 0.717) is 17.4 Å². The van der Waals surface area contributed by atoms with Crippen LogP contribution in [0.2, 0.25) is 5.02 Å². The maximum atomic E-state index is 11.1. The van der Waals surface area contributed by atoms with E-state index < -0.39 is 10.0 Å². The largest absolute Gasteiger partial charge is 0.492 e. The molecule has 6 heteroatoms. The van der Waals surface area contributed by atoms with Crippen LogP contribution >= 0.6 is 11.6 Å². The van der Waals surface area contributed by atoms with Crippen LogP contribution in [-0.4, -0.2) is 20.8 Å². The fourth-order valence-electron chi connectivity index (χ4n) is 1.72. The molecule has 1 rings (SSSR count). The van der Waals surface area contributed by atoms with Gasteiger partial charge in [0.05, 0.1) is 17.4 Å². The third-order valence-corrected chi connectivity index (χ3v) is 3.72. The minimum atomic E-state index is -3.47. The minimum Gasteiger partial charge on any atom is -0.492 e. The first-order valence-electron chi connectivity index (χ1n) is 5.80. The second kappa shape index (κ2) is 6.97. The van der Waals surface area contributed by atoms with Crippen LogP contribution in [0.25, 0.3) is 0 Å². The van der Waals surface area contributed by atoms with Gasteiger partial charge in [-0.3, -0.25) is 0 Å². The molecule has 18 heavy (non-hydrogen) atoms. The number of rotatable bonds is 7. The lowest BCUT2D eigenvalue weighted by molar-refractivity contribution is 0.253. The van der Waals surface area contributed by atoms with Gasteiger partial charge in [0.15, 0.2) is 0 Å². The molecule has 102 valence electrons. The zero-order valence-electron chi connectivity index (χ0n) is 10.3. The van der Waals surface area contributed by atoms with Crippen LogP contribution in [-0.2, 0) is 10.0 Å². The van der Waals surface area contributed by atoms with E-state index in [1.54, 1.807) is 12.1 Å². The second-order valence-electron chi connectivity index (χ2n) is 4.23. The summed E-state index contributed by atoms with van der Waals surface area (Å²) in [4.78, 5) is 0. The van der Waals surface area contributed by atoms with Gasteiger partial charge in [0, 0.05) is 5.92 Å². The molecule has 0 aliphatic rings. The Morgan fingerprint density at radius 3 is 2.61 bits per heavy atom. The Bertz CT molecular complexity index is 476. The minimum absolute atomic E-state index is 0.0642. The lowest BCUT2D eigenvalue weighted by Crippen LogP contribution is -2.27. The monoisotopic (exact) mass is 291 g/mol. The van der Waals surface area contributed by atoms with Gasteiger partial charge >= 0.3 is 0 Å². The average molecular weight is 292 g/mol. The van der Waals surface area contributed by atoms with Crippen LogP contribution in [0.5, 0.6) is 5.75 Å². The maximum absolute atomic E-state index is 11.1. The summed E-state index contributed by atoms with van der Waals surface area (Å²) < 4.78 is 27.7. The number of hydrogen-bond donors (Lipinski definition) is 1. The van der Waals surface area contributed by atoms with Gasteiger partial charge in [-0.2, -0.15) is 0 Å². The molecule has 1 aromatic carbocycles. The third kappa shape index (κ3) is 5.71. The summed E-state index contributed by atoms with van der Waals surface area (Å²) in [6.07, 6.45) is 1.63. The Morgan fingerprint density at radius 1 is 1.39 bits per heavy atom. The first-order chi connectivity index (χ1) is 8.42. The zero-order valence-corrected chi connectivity index (χ0v) is 11.9. The molecule has 0 spiro atoms. The van der Waals surface area contributed by atoms with Crippen molar-refractivity contribution >= 4 is 21.6 Å². The first-order valence-corrected chi connectivity index (χ1v) is 7.89. The Balaban J connectivity index is 2.60. The molecule has 0 aromatic heterocycles. The topological polar surface area (TPSA) is 69.4 Å². The molecule has 0 fully saturated rings. The summed E-state index contributed by atoms with van der Waals surface area (Å²) in [6.45, 7) is 2.29. The number of nitrogens with two attached hydrogens (primary N) is 1. The second-order valence-corrected chi connectivity index (χ2v) is 6.29. The number of halogens is 1. The highest BCUT2D eigenvalue weighted by molar-refractivity contribution is 7.89. The molecule has 0 heterocycles. The molecule has 0 amide bonds. The van der Waals surface area contributed by atoms with Crippen molar-refractivity contribution in [2.45, 2.75) is 19.8 Å². The lowest BCUT2D eigenvalue weighted by Gasteiger charge is -2.16. The van der Waals surface area contributed by atoms with Gasteiger partial charge < -0.3 is 4.74 Å². The molecule has 0 radical (unpaired) electrons. The molecule has 1 unspecified atom stereocenters. The van der Waals surface area contributed by atoms with Crippen molar-refractivity contribution in [3.63, 3.8) is 0 Å². The van der Waals surface area contributed by atoms with Gasteiger partial charge in [-0.25, -0.2) is 13.6 Å². The van der Waals surface area contributed by atoms with Crippen molar-refractivity contribution in [3.8, 4) is 5.75 Å². The fourth-order valence-corrected chi connectivity index (χ4v) is 2.83. The quantitative estimate of drug-likeness (QED) is 0.839. The van der Waals surface area contributed by atoms with Crippen LogP contribution in [0.15, 0.2) is 24.3 Å². The predicted molar refractivity (Wildman–Crippen MR) is 73.3 cm³/mol. The first kappa shape index (κ1) is 15.3. The van der Waals surface area contributed by atoms with Gasteiger partial charge in [-0.15, -0.1) is 0 Å². The van der Waals surface area contributed by atoms with Crippen molar-refractivity contribution in [3.05, 3.63) is 29.3 Å². The maximum Gasteiger partial charge on any atom is 0.209 e. The van der Waals surface area contributed by atoms with Crippen molar-refractivity contribution in [1.82, 2.24) is 0 Å². The molecule has 4 nitrogen and oxygen atoms in total. The summed E-state index contributed by atoms with van der Waals surface area (Å²) >= 11 is 5.95. The molecule has 0 saturated heterocycles. The fraction of sp³-hybridized carbons (Fsp3) is 0.500. The van der Waals surface area contributed by atoms with E-state index in [0.717, 1.165) is 12.8 Å². The van der Waals surface area contributed by atoms with Gasteiger partial charge in [0.1, 0.15) is 5.75 Å². The molecule has 2 N–H and O–H groups in total. The van der Waals surface area contributed by atoms with E-state index in [-0.39, 0.29) is 11.7 Å². The van der Waals surface area contributed by atoms with Crippen LogP contribution in [0, 0.1) is 5.92 Å². The average Bonchev–Trinajstić information content (AvgIpc) is 2.26. The Labute approximate surface area is 113 Å². The number of benzene rings is 1. The summed E-state index contributed by atoms with van der Waals surface area (Å²) in [5.74, 6) is 0.390. The molecule has 1 aromatic rings. The van der Waals surface area contributed by atoms with Crippen molar-refractivity contribution in [2.75, 3.05) is 12.4 Å². The lowest BCUT2D eigenvalue weighted by atomic mass is 10.1. The molecule has 1 atom stereocenters. The van der Waals surface area contributed by atoms with Crippen LogP contribution < -0.4 is 9.88 Å². The van der Waals surface area contributed by atoms with Crippen molar-refractivity contribution < 1.29 is 13.2 Å². The van der Waals surface area contributed by atoms with Crippen molar-refractivity contribution in [2.24, 2.45) is 11.1 Å². The summed E-state index contributed by atoms with van der Waals surface area (Å²) in [5.41, 5.74) is 0. The molecular formula is C12H18ClNO3S. The van der Waals surface area contributed by atoms with E-state index in [2.05, 4.69) is 0 Å². The Kier molecular flexibility index (Phi) is 5.91. The third-order valence-electron chi connectivity index (χ3n) is 2.48. The Morgan fingerprint density at radius 2 is 2.06 bits per heavy atom. The zero-order chi connectivity index (χ0) is 13.6. The number of primary sulfonamides is 1. The van der Waals surface area contributed by atoms with Crippen LogP contribution in [0.4, 0.5) is 0 Å². The van der Waals surface area contributed by atoms with E-state index >= 15 is 0 Å². The van der Waals surface area contributed by atoms with Gasteiger partial charge in [0.2, 0.25) is 10.0 Å². The van der Waals surface area contributed by atoms with E-state index in [1.165, 1.54) is 0 Å². The SMILES string of the molecule is CCCC(COc1ccccc1Cl)CS(N)(=O)=O. The number of ether oxygens (including phenoxy) is 1. The molecule has 0 aliphatic carbocycles. The van der Waals surface area contributed by atoms with E-state index in [1.807, 2.05) is 19.1 Å². The predicted octanol–water partition coefficient (Wildman–Crippen LogP) is 2.42. The molecule has 0 aliphatic heterocycles. The van der Waals surface area contributed by atoms with Gasteiger partial charge in [-0.05, 0) is 18.6 Å². The summed E-state index contributed by atoms with van der Waals surface area (Å²) in [7, 11) is -3.47. The van der Waals surface area contributed by atoms with Crippen molar-refractivity contribution in [1.29, 1.82) is 0 Å². The molecular weight excluding hydrogens is 274 g/mol.